The fraction of sp³-hybridized carbons (Fsp3) is 0.240. The van der Waals surface area contributed by atoms with Crippen LogP contribution in [-0.2, 0) is 11.2 Å². The predicted molar refractivity (Wildman–Crippen MR) is 122 cm³/mol. The Bertz CT molecular complexity index is 1020. The Kier molecular flexibility index (Phi) is 8.17. The summed E-state index contributed by atoms with van der Waals surface area (Å²) in [6.45, 7) is 4.45. The molecule has 6 heteroatoms. The van der Waals surface area contributed by atoms with Crippen molar-refractivity contribution in [2.75, 3.05) is 6.61 Å². The standard InChI is InChI=1S/C25H26N4O2/c1-3-4-17-31-25-15-13-24(14-16-25)29-28-23-11-9-22(10-12-23)27-26-21-7-5-20(6-8-21)18-19(2)30/h5-16H,3-4,17-18H2,1-2H3. The van der Waals surface area contributed by atoms with Crippen molar-refractivity contribution in [2.24, 2.45) is 20.5 Å². The van der Waals surface area contributed by atoms with Gasteiger partial charge in [0.2, 0.25) is 0 Å². The van der Waals surface area contributed by atoms with E-state index in [1.807, 2.05) is 72.8 Å². The third kappa shape index (κ3) is 7.59. The first kappa shape index (κ1) is 22.0. The Hall–Kier alpha value is -3.67. The van der Waals surface area contributed by atoms with E-state index in [1.165, 1.54) is 0 Å². The highest BCUT2D eigenvalue weighted by molar-refractivity contribution is 5.78. The maximum Gasteiger partial charge on any atom is 0.134 e. The molecule has 0 heterocycles. The summed E-state index contributed by atoms with van der Waals surface area (Å²) >= 11 is 0. The summed E-state index contributed by atoms with van der Waals surface area (Å²) in [5.74, 6) is 0.982. The zero-order valence-electron chi connectivity index (χ0n) is 17.9. The van der Waals surface area contributed by atoms with Crippen molar-refractivity contribution in [3.8, 4) is 5.75 Å². The van der Waals surface area contributed by atoms with Crippen LogP contribution < -0.4 is 4.74 Å². The molecule has 0 aliphatic rings. The molecule has 0 aromatic heterocycles. The molecule has 3 aromatic rings. The van der Waals surface area contributed by atoms with Gasteiger partial charge >= 0.3 is 0 Å². The molecule has 0 amide bonds. The van der Waals surface area contributed by atoms with Crippen LogP contribution in [0.2, 0.25) is 0 Å². The van der Waals surface area contributed by atoms with Gasteiger partial charge in [-0.05, 0) is 79.6 Å². The number of hydrogen-bond donors (Lipinski definition) is 0. The Morgan fingerprint density at radius 1 is 0.710 bits per heavy atom. The van der Waals surface area contributed by atoms with Gasteiger partial charge in [-0.3, -0.25) is 4.79 Å². The predicted octanol–water partition coefficient (Wildman–Crippen LogP) is 7.83. The number of benzene rings is 3. The zero-order valence-corrected chi connectivity index (χ0v) is 17.9. The molecule has 3 aromatic carbocycles. The Morgan fingerprint density at radius 3 is 1.55 bits per heavy atom. The van der Waals surface area contributed by atoms with E-state index in [0.717, 1.165) is 53.5 Å². The minimum Gasteiger partial charge on any atom is -0.494 e. The van der Waals surface area contributed by atoms with Crippen molar-refractivity contribution in [1.29, 1.82) is 0 Å². The molecule has 6 nitrogen and oxygen atoms in total. The molecule has 0 fully saturated rings. The van der Waals surface area contributed by atoms with Crippen LogP contribution in [0.1, 0.15) is 32.3 Å². The lowest BCUT2D eigenvalue weighted by molar-refractivity contribution is -0.116. The number of hydrogen-bond acceptors (Lipinski definition) is 6. The van der Waals surface area contributed by atoms with Gasteiger partial charge in [0.1, 0.15) is 11.5 Å². The molecule has 0 saturated heterocycles. The van der Waals surface area contributed by atoms with Crippen LogP contribution in [0.3, 0.4) is 0 Å². The second-order valence-corrected chi connectivity index (χ2v) is 7.16. The van der Waals surface area contributed by atoms with E-state index in [-0.39, 0.29) is 5.78 Å². The molecular formula is C25H26N4O2. The molecular weight excluding hydrogens is 388 g/mol. The number of Topliss-reactive ketones (excluding diaryl/α,β-unsaturated/α-hetero) is 1. The Morgan fingerprint density at radius 2 is 1.13 bits per heavy atom. The van der Waals surface area contributed by atoms with E-state index in [0.29, 0.717) is 6.42 Å². The molecule has 0 aliphatic carbocycles. The van der Waals surface area contributed by atoms with Gasteiger partial charge in [0, 0.05) is 6.42 Å². The van der Waals surface area contributed by atoms with Crippen molar-refractivity contribution in [1.82, 2.24) is 0 Å². The largest absolute Gasteiger partial charge is 0.494 e. The molecule has 31 heavy (non-hydrogen) atoms. The van der Waals surface area contributed by atoms with Gasteiger partial charge in [0.15, 0.2) is 0 Å². The van der Waals surface area contributed by atoms with Crippen molar-refractivity contribution in [2.45, 2.75) is 33.1 Å². The first-order valence-corrected chi connectivity index (χ1v) is 10.4. The molecule has 3 rings (SSSR count). The fourth-order valence-electron chi connectivity index (χ4n) is 2.73. The second-order valence-electron chi connectivity index (χ2n) is 7.16. The number of nitrogens with zero attached hydrogens (tertiary/aromatic N) is 4. The van der Waals surface area contributed by atoms with E-state index in [1.54, 1.807) is 6.92 Å². The van der Waals surface area contributed by atoms with E-state index < -0.39 is 0 Å². The normalized spacial score (nSPS) is 11.3. The summed E-state index contributed by atoms with van der Waals surface area (Å²) in [5.41, 5.74) is 3.92. The maximum atomic E-state index is 11.2. The number of carbonyl (C=O) groups excluding carboxylic acids is 1. The summed E-state index contributed by atoms with van der Waals surface area (Å²) in [7, 11) is 0. The van der Waals surface area contributed by atoms with Crippen LogP contribution in [0.4, 0.5) is 22.7 Å². The SMILES string of the molecule is CCCCOc1ccc(N=Nc2ccc(N=Nc3ccc(CC(C)=O)cc3)cc2)cc1. The lowest BCUT2D eigenvalue weighted by atomic mass is 10.1. The third-order valence-corrected chi connectivity index (χ3v) is 4.40. The molecule has 0 N–H and O–H groups in total. The van der Waals surface area contributed by atoms with Crippen molar-refractivity contribution in [3.63, 3.8) is 0 Å². The minimum absolute atomic E-state index is 0.139. The van der Waals surface area contributed by atoms with Crippen LogP contribution >= 0.6 is 0 Å². The number of ketones is 1. The zero-order chi connectivity index (χ0) is 21.9. The molecule has 0 radical (unpaired) electrons. The molecule has 0 spiro atoms. The number of ether oxygens (including phenoxy) is 1. The van der Waals surface area contributed by atoms with Crippen molar-refractivity contribution in [3.05, 3.63) is 78.4 Å². The van der Waals surface area contributed by atoms with Crippen LogP contribution in [0.5, 0.6) is 5.75 Å². The minimum atomic E-state index is 0.139. The lowest BCUT2D eigenvalue weighted by Crippen LogP contribution is -1.95. The maximum absolute atomic E-state index is 11.2. The molecule has 0 unspecified atom stereocenters. The number of unbranched alkanes of at least 4 members (excludes halogenated alkanes) is 1. The van der Waals surface area contributed by atoms with Gasteiger partial charge in [0.05, 0.1) is 29.4 Å². The number of carbonyl (C=O) groups is 1. The van der Waals surface area contributed by atoms with Crippen LogP contribution in [0.15, 0.2) is 93.3 Å². The van der Waals surface area contributed by atoms with Gasteiger partial charge in [-0.25, -0.2) is 0 Å². The van der Waals surface area contributed by atoms with Crippen LogP contribution in [-0.4, -0.2) is 12.4 Å². The van der Waals surface area contributed by atoms with Crippen LogP contribution in [0, 0.1) is 0 Å². The van der Waals surface area contributed by atoms with Gasteiger partial charge in [-0.15, -0.1) is 0 Å². The highest BCUT2D eigenvalue weighted by Crippen LogP contribution is 2.24. The van der Waals surface area contributed by atoms with Gasteiger partial charge in [0.25, 0.3) is 0 Å². The van der Waals surface area contributed by atoms with E-state index in [2.05, 4.69) is 27.4 Å². The smallest absolute Gasteiger partial charge is 0.134 e. The lowest BCUT2D eigenvalue weighted by Gasteiger charge is -2.04. The fourth-order valence-corrected chi connectivity index (χ4v) is 2.73. The van der Waals surface area contributed by atoms with E-state index in [9.17, 15) is 4.79 Å². The first-order valence-electron chi connectivity index (χ1n) is 10.4. The highest BCUT2D eigenvalue weighted by atomic mass is 16.5. The Labute approximate surface area is 182 Å². The molecule has 0 atom stereocenters. The van der Waals surface area contributed by atoms with E-state index >= 15 is 0 Å². The topological polar surface area (TPSA) is 75.7 Å². The van der Waals surface area contributed by atoms with Gasteiger partial charge < -0.3 is 4.74 Å². The summed E-state index contributed by atoms with van der Waals surface area (Å²) in [4.78, 5) is 11.2. The summed E-state index contributed by atoms with van der Waals surface area (Å²) in [6.07, 6.45) is 2.59. The summed E-state index contributed by atoms with van der Waals surface area (Å²) in [5, 5.41) is 17.0. The number of rotatable bonds is 10. The molecule has 0 aliphatic heterocycles. The van der Waals surface area contributed by atoms with Crippen molar-refractivity contribution < 1.29 is 9.53 Å². The summed E-state index contributed by atoms with van der Waals surface area (Å²) < 4.78 is 5.65. The quantitative estimate of drug-likeness (QED) is 0.250. The van der Waals surface area contributed by atoms with E-state index in [4.69, 9.17) is 4.74 Å². The molecule has 0 bridgehead atoms. The average molecular weight is 415 g/mol. The number of azo groups is 2. The second kappa shape index (κ2) is 11.5. The van der Waals surface area contributed by atoms with Crippen molar-refractivity contribution >= 4 is 28.5 Å². The average Bonchev–Trinajstić information content (AvgIpc) is 2.79. The van der Waals surface area contributed by atoms with Gasteiger partial charge in [-0.2, -0.15) is 20.5 Å². The molecule has 158 valence electrons. The first-order chi connectivity index (χ1) is 15.1. The third-order valence-electron chi connectivity index (χ3n) is 4.40. The van der Waals surface area contributed by atoms with Gasteiger partial charge in [-0.1, -0.05) is 25.5 Å². The highest BCUT2D eigenvalue weighted by Gasteiger charge is 1.98. The van der Waals surface area contributed by atoms with Crippen LogP contribution in [0.25, 0.3) is 0 Å². The monoisotopic (exact) mass is 414 g/mol. The summed E-state index contributed by atoms with van der Waals surface area (Å²) in [6, 6.07) is 22.4. The Balaban J connectivity index is 1.54. The molecule has 0 saturated carbocycles.